The number of benzene rings is 2. The number of nitrogens with zero attached hydrogens (tertiary/aromatic N) is 1. The molecule has 0 unspecified atom stereocenters. The summed E-state index contributed by atoms with van der Waals surface area (Å²) in [6.45, 7) is 0. The highest BCUT2D eigenvalue weighted by Crippen LogP contribution is 2.26. The van der Waals surface area contributed by atoms with Crippen LogP contribution in [0.5, 0.6) is 0 Å². The molecule has 0 radical (unpaired) electrons. The molecule has 24 heavy (non-hydrogen) atoms. The number of nitrogens with one attached hydrogen (secondary N) is 3. The van der Waals surface area contributed by atoms with E-state index in [4.69, 9.17) is 0 Å². The Labute approximate surface area is 137 Å². The summed E-state index contributed by atoms with van der Waals surface area (Å²) in [6.07, 6.45) is -0.0584. The van der Waals surface area contributed by atoms with Crippen molar-refractivity contribution in [1.29, 1.82) is 0 Å². The Morgan fingerprint density at radius 2 is 1.79 bits per heavy atom. The smallest absolute Gasteiger partial charge is 0.269 e. The molecular weight excluding hydrogens is 312 g/mol. The summed E-state index contributed by atoms with van der Waals surface area (Å²) < 4.78 is 0. The van der Waals surface area contributed by atoms with E-state index in [1.165, 1.54) is 24.3 Å². The summed E-state index contributed by atoms with van der Waals surface area (Å²) in [5.41, 5.74) is 1.81. The molecule has 8 heteroatoms. The number of hydrogen-bond donors (Lipinski definition) is 3. The first-order valence-corrected chi connectivity index (χ1v) is 7.23. The maximum atomic E-state index is 12.1. The monoisotopic (exact) mass is 326 g/mol. The van der Waals surface area contributed by atoms with Crippen LogP contribution in [-0.2, 0) is 9.59 Å². The minimum Gasteiger partial charge on any atom is -0.372 e. The Bertz CT molecular complexity index is 804. The standard InChI is InChI=1S/C16H14N4O4/c21-15(17-10-5-7-11(8-6-10)20(23)24)9-14-16(22)19-13-4-2-1-3-12(13)18-14/h1-8,14,18H,9H2,(H,17,21)(H,19,22)/t14-/m1/s1. The van der Waals surface area contributed by atoms with Crippen LogP contribution in [-0.4, -0.2) is 22.8 Å². The third-order valence-electron chi connectivity index (χ3n) is 3.58. The van der Waals surface area contributed by atoms with Crippen LogP contribution in [0.1, 0.15) is 6.42 Å². The van der Waals surface area contributed by atoms with Crippen LogP contribution in [0.25, 0.3) is 0 Å². The minimum absolute atomic E-state index is 0.0575. The second-order valence-corrected chi connectivity index (χ2v) is 5.29. The third-order valence-corrected chi connectivity index (χ3v) is 3.58. The molecule has 8 nitrogen and oxygen atoms in total. The van der Waals surface area contributed by atoms with E-state index in [9.17, 15) is 19.7 Å². The highest BCUT2D eigenvalue weighted by molar-refractivity contribution is 6.06. The van der Waals surface area contributed by atoms with Gasteiger partial charge in [0.15, 0.2) is 0 Å². The first-order chi connectivity index (χ1) is 11.5. The summed E-state index contributed by atoms with van der Waals surface area (Å²) in [5.74, 6) is -0.650. The molecule has 0 bridgehead atoms. The molecule has 3 N–H and O–H groups in total. The second-order valence-electron chi connectivity index (χ2n) is 5.29. The Hall–Kier alpha value is -3.42. The number of fused-ring (bicyclic) bond motifs is 1. The quantitative estimate of drug-likeness (QED) is 0.589. The lowest BCUT2D eigenvalue weighted by Gasteiger charge is -2.26. The number of nitro groups is 1. The lowest BCUT2D eigenvalue weighted by molar-refractivity contribution is -0.384. The maximum Gasteiger partial charge on any atom is 0.269 e. The molecule has 2 aromatic rings. The molecule has 0 saturated heterocycles. The van der Waals surface area contributed by atoms with Gasteiger partial charge in [-0.25, -0.2) is 0 Å². The van der Waals surface area contributed by atoms with E-state index >= 15 is 0 Å². The van der Waals surface area contributed by atoms with Crippen LogP contribution in [0.3, 0.4) is 0 Å². The second kappa shape index (κ2) is 6.37. The molecule has 0 aliphatic carbocycles. The molecule has 0 fully saturated rings. The van der Waals surface area contributed by atoms with E-state index in [1.54, 1.807) is 6.07 Å². The van der Waals surface area contributed by atoms with Crippen LogP contribution in [0.15, 0.2) is 48.5 Å². The molecule has 0 spiro atoms. The van der Waals surface area contributed by atoms with Crippen molar-refractivity contribution in [2.75, 3.05) is 16.0 Å². The number of anilines is 3. The largest absolute Gasteiger partial charge is 0.372 e. The number of hydrogen-bond acceptors (Lipinski definition) is 5. The Morgan fingerprint density at radius 1 is 1.12 bits per heavy atom. The molecule has 1 aliphatic rings. The van der Waals surface area contributed by atoms with Crippen molar-refractivity contribution >= 4 is 34.6 Å². The molecule has 1 heterocycles. The van der Waals surface area contributed by atoms with Crippen molar-refractivity contribution in [2.45, 2.75) is 12.5 Å². The lowest BCUT2D eigenvalue weighted by atomic mass is 10.1. The zero-order chi connectivity index (χ0) is 17.1. The zero-order valence-electron chi connectivity index (χ0n) is 12.5. The molecule has 122 valence electrons. The summed E-state index contributed by atoms with van der Waals surface area (Å²) in [7, 11) is 0. The number of amides is 2. The van der Waals surface area contributed by atoms with E-state index in [0.29, 0.717) is 11.4 Å². The van der Waals surface area contributed by atoms with Gasteiger partial charge in [0, 0.05) is 17.8 Å². The molecule has 2 aromatic carbocycles. The topological polar surface area (TPSA) is 113 Å². The summed E-state index contributed by atoms with van der Waals surface area (Å²) in [6, 6.07) is 12.0. The molecule has 1 atom stereocenters. The van der Waals surface area contributed by atoms with Gasteiger partial charge in [0.2, 0.25) is 11.8 Å². The number of nitro benzene ring substituents is 1. The van der Waals surface area contributed by atoms with Crippen LogP contribution in [0.4, 0.5) is 22.7 Å². The summed E-state index contributed by atoms with van der Waals surface area (Å²) in [4.78, 5) is 34.2. The van der Waals surface area contributed by atoms with Gasteiger partial charge in [-0.2, -0.15) is 0 Å². The highest BCUT2D eigenvalue weighted by Gasteiger charge is 2.27. The van der Waals surface area contributed by atoms with Crippen molar-refractivity contribution in [3.8, 4) is 0 Å². The van der Waals surface area contributed by atoms with E-state index < -0.39 is 11.0 Å². The summed E-state index contributed by atoms with van der Waals surface area (Å²) in [5, 5.41) is 19.0. The molecule has 1 aliphatic heterocycles. The first kappa shape index (κ1) is 15.5. The minimum atomic E-state index is -0.682. The van der Waals surface area contributed by atoms with Gasteiger partial charge in [0.25, 0.3) is 5.69 Å². The predicted octanol–water partition coefficient (Wildman–Crippen LogP) is 2.36. The van der Waals surface area contributed by atoms with Gasteiger partial charge in [-0.15, -0.1) is 0 Å². The molecular formula is C16H14N4O4. The van der Waals surface area contributed by atoms with Gasteiger partial charge in [-0.3, -0.25) is 19.7 Å². The van der Waals surface area contributed by atoms with Gasteiger partial charge < -0.3 is 16.0 Å². The Morgan fingerprint density at radius 3 is 2.46 bits per heavy atom. The van der Waals surface area contributed by atoms with Crippen LogP contribution in [0.2, 0.25) is 0 Å². The summed E-state index contributed by atoms with van der Waals surface area (Å²) >= 11 is 0. The van der Waals surface area contributed by atoms with Gasteiger partial charge in [0.1, 0.15) is 6.04 Å². The van der Waals surface area contributed by atoms with Gasteiger partial charge in [-0.1, -0.05) is 12.1 Å². The molecule has 3 rings (SSSR count). The van der Waals surface area contributed by atoms with Crippen molar-refractivity contribution in [3.05, 3.63) is 58.6 Å². The van der Waals surface area contributed by atoms with Gasteiger partial charge in [-0.05, 0) is 24.3 Å². The van der Waals surface area contributed by atoms with Crippen LogP contribution < -0.4 is 16.0 Å². The zero-order valence-corrected chi connectivity index (χ0v) is 12.5. The van der Waals surface area contributed by atoms with Gasteiger partial charge in [0.05, 0.1) is 22.7 Å². The average Bonchev–Trinajstić information content (AvgIpc) is 2.56. The Kier molecular flexibility index (Phi) is 4.11. The van der Waals surface area contributed by atoms with E-state index in [1.807, 2.05) is 18.2 Å². The molecule has 2 amide bonds. The fourth-order valence-electron chi connectivity index (χ4n) is 2.40. The predicted molar refractivity (Wildman–Crippen MR) is 88.8 cm³/mol. The molecule has 0 aromatic heterocycles. The number of carbonyl (C=O) groups excluding carboxylic acids is 2. The van der Waals surface area contributed by atoms with E-state index in [0.717, 1.165) is 5.69 Å². The van der Waals surface area contributed by atoms with Crippen LogP contribution >= 0.6 is 0 Å². The Balaban J connectivity index is 1.63. The fourth-order valence-corrected chi connectivity index (χ4v) is 2.40. The van der Waals surface area contributed by atoms with Crippen LogP contribution in [0, 0.1) is 10.1 Å². The van der Waals surface area contributed by atoms with Gasteiger partial charge >= 0.3 is 0 Å². The van der Waals surface area contributed by atoms with Crippen molar-refractivity contribution in [2.24, 2.45) is 0 Å². The number of rotatable bonds is 4. The highest BCUT2D eigenvalue weighted by atomic mass is 16.6. The maximum absolute atomic E-state index is 12.1. The fraction of sp³-hybridized carbons (Fsp3) is 0.125. The van der Waals surface area contributed by atoms with Crippen molar-refractivity contribution < 1.29 is 14.5 Å². The van der Waals surface area contributed by atoms with E-state index in [2.05, 4.69) is 16.0 Å². The first-order valence-electron chi connectivity index (χ1n) is 7.23. The number of para-hydroxylation sites is 2. The SMILES string of the molecule is O=C(C[C@H]1Nc2ccccc2NC1=O)Nc1ccc([N+](=O)[O-])cc1. The number of non-ortho nitro benzene ring substituents is 1. The molecule has 0 saturated carbocycles. The normalized spacial score (nSPS) is 15.7. The third kappa shape index (κ3) is 3.32. The number of carbonyl (C=O) groups is 2. The van der Waals surface area contributed by atoms with Crippen molar-refractivity contribution in [3.63, 3.8) is 0 Å². The lowest BCUT2D eigenvalue weighted by Crippen LogP contribution is -2.41. The average molecular weight is 326 g/mol. The van der Waals surface area contributed by atoms with E-state index in [-0.39, 0.29) is 23.9 Å². The van der Waals surface area contributed by atoms with Crippen molar-refractivity contribution in [1.82, 2.24) is 0 Å².